The summed E-state index contributed by atoms with van der Waals surface area (Å²) in [5, 5.41) is 146. The van der Waals surface area contributed by atoms with Crippen LogP contribution < -0.4 is 19.8 Å². The van der Waals surface area contributed by atoms with E-state index in [1.54, 1.807) is 0 Å². The summed E-state index contributed by atoms with van der Waals surface area (Å²) >= 11 is 0. The average molecular weight is 903 g/mol. The van der Waals surface area contributed by atoms with Crippen molar-refractivity contribution in [3.05, 3.63) is 146 Å². The van der Waals surface area contributed by atoms with E-state index in [1.807, 2.05) is 0 Å². The average Bonchev–Trinajstić information content (AvgIpc) is 3.27. The number of rotatable bonds is 5. The summed E-state index contributed by atoms with van der Waals surface area (Å²) in [7, 11) is 0. The number of hydrogen-bond donors (Lipinski definition) is 13. The second-order valence-corrected chi connectivity index (χ2v) is 16.4. The third kappa shape index (κ3) is 6.48. The molecule has 18 nitrogen and oxygen atoms in total. The van der Waals surface area contributed by atoms with Crippen molar-refractivity contribution in [2.75, 3.05) is 0 Å². The molecule has 13 N–H and O–H groups in total. The number of aliphatic hydroxyl groups excluding tert-OH is 3. The minimum Gasteiger partial charge on any atom is -0.507 e. The fraction of sp³-hybridized carbons (Fsp3) is 0.188. The first-order valence-electron chi connectivity index (χ1n) is 20.3. The molecule has 0 fully saturated rings. The number of aromatic hydroxyl groups is 10. The Hall–Kier alpha value is -8.19. The van der Waals surface area contributed by atoms with E-state index < -0.39 is 112 Å². The largest absolute Gasteiger partial charge is 0.507 e. The lowest BCUT2D eigenvalue weighted by Gasteiger charge is -2.43. The van der Waals surface area contributed by atoms with Crippen LogP contribution in [0.5, 0.6) is 74.7 Å². The summed E-state index contributed by atoms with van der Waals surface area (Å²) < 4.78 is 24.8. The summed E-state index contributed by atoms with van der Waals surface area (Å²) in [5.74, 6) is -9.48. The van der Waals surface area contributed by atoms with Crippen molar-refractivity contribution < 1.29 is 85.0 Å². The monoisotopic (exact) mass is 902 g/mol. The van der Waals surface area contributed by atoms with Crippen molar-refractivity contribution in [2.24, 2.45) is 0 Å². The van der Waals surface area contributed by atoms with E-state index in [4.69, 9.17) is 18.6 Å². The van der Waals surface area contributed by atoms with Gasteiger partial charge in [-0.15, -0.1) is 0 Å². The molecule has 3 aliphatic heterocycles. The van der Waals surface area contributed by atoms with E-state index in [9.17, 15) is 71.2 Å². The molecular formula is C48H38O18. The van der Waals surface area contributed by atoms with Gasteiger partial charge in [-0.25, -0.2) is 4.79 Å². The van der Waals surface area contributed by atoms with E-state index in [1.165, 1.54) is 42.5 Å². The third-order valence-electron chi connectivity index (χ3n) is 12.5. The predicted octanol–water partition coefficient (Wildman–Crippen LogP) is 5.14. The molecule has 0 aliphatic carbocycles. The van der Waals surface area contributed by atoms with Crippen LogP contribution in [0.4, 0.5) is 0 Å². The quantitative estimate of drug-likeness (QED) is 0.0785. The number of phenolic OH excluding ortho intramolecular Hbond substituents is 10. The fourth-order valence-electron chi connectivity index (χ4n) is 9.46. The molecule has 6 aromatic carbocycles. The van der Waals surface area contributed by atoms with Gasteiger partial charge in [-0.2, -0.15) is 0 Å². The van der Waals surface area contributed by atoms with Crippen molar-refractivity contribution in [1.82, 2.24) is 0 Å². The van der Waals surface area contributed by atoms with Gasteiger partial charge in [0.15, 0.2) is 46.7 Å². The minimum atomic E-state index is -1.87. The van der Waals surface area contributed by atoms with Crippen LogP contribution in [0.15, 0.2) is 100 Å². The SMILES string of the molecule is O=c1ccc2c3c(ccc2o1)[C@H](c1c(O)cc(O)c2c1O[C@H](c1ccc(O)c(O)c1)[C@H](O)[C@H]2c1c(O)cc(O)c2c1O[C@H](c1ccc(O)c(O)c1)[C@H](O)C2)[C@@H](O)[C@@H](c1ccc(O)c(O)c1)O3. The van der Waals surface area contributed by atoms with Crippen molar-refractivity contribution >= 4 is 11.0 Å². The maximum absolute atomic E-state index is 12.6. The highest BCUT2D eigenvalue weighted by atomic mass is 16.5. The van der Waals surface area contributed by atoms with Crippen LogP contribution >= 0.6 is 0 Å². The van der Waals surface area contributed by atoms with Crippen LogP contribution in [0.1, 0.15) is 74.7 Å². The van der Waals surface area contributed by atoms with E-state index in [0.29, 0.717) is 0 Å². The Morgan fingerprint density at radius 1 is 0.424 bits per heavy atom. The van der Waals surface area contributed by atoms with Crippen molar-refractivity contribution in [3.8, 4) is 74.7 Å². The Kier molecular flexibility index (Phi) is 9.64. The molecule has 0 unspecified atom stereocenters. The topological polar surface area (TPSA) is 321 Å². The number of aliphatic hydroxyl groups is 3. The summed E-state index contributed by atoms with van der Waals surface area (Å²) in [5.41, 5.74) is -0.946. The molecular weight excluding hydrogens is 865 g/mol. The molecule has 10 rings (SSSR count). The zero-order chi connectivity index (χ0) is 46.6. The lowest BCUT2D eigenvalue weighted by molar-refractivity contribution is -0.00491. The predicted molar refractivity (Wildman–Crippen MR) is 227 cm³/mol. The molecule has 0 saturated heterocycles. The van der Waals surface area contributed by atoms with E-state index in [2.05, 4.69) is 0 Å². The maximum atomic E-state index is 12.6. The maximum Gasteiger partial charge on any atom is 0.336 e. The highest BCUT2D eigenvalue weighted by molar-refractivity contribution is 5.86. The second-order valence-electron chi connectivity index (χ2n) is 16.4. The standard InChI is InChI=1S/C48H38O18/c49-23-6-1-17(11-27(23)53)43-33(59)14-22-26(52)15-30(56)38(47(22)64-43)40-39-32(58)16-31(57)37(48(39)66-45(42(40)62)19-3-8-25(51)29(55)13-19)36-21-4-9-34-20(5-10-35(60)63-34)46(21)65-44(41(36)61)18-2-7-24(50)28(54)12-18/h1-13,15-16,33,36,40-45,49-59,61-62H,14H2/t33-,36-,40+,41-,42-,43-,44-,45-/m1/s1. The molecule has 8 atom stereocenters. The molecule has 338 valence electrons. The molecule has 0 spiro atoms. The molecule has 0 saturated carbocycles. The number of ether oxygens (including phenoxy) is 3. The fourth-order valence-corrected chi connectivity index (χ4v) is 9.46. The van der Waals surface area contributed by atoms with Crippen molar-refractivity contribution in [1.29, 1.82) is 0 Å². The molecule has 3 aliphatic rings. The van der Waals surface area contributed by atoms with Gasteiger partial charge in [0, 0.05) is 58.4 Å². The molecule has 4 heterocycles. The van der Waals surface area contributed by atoms with Gasteiger partial charge in [0.05, 0.1) is 17.4 Å². The van der Waals surface area contributed by atoms with Crippen LogP contribution in [0.25, 0.3) is 11.0 Å². The minimum absolute atomic E-state index is 0.0227. The van der Waals surface area contributed by atoms with Gasteiger partial charge >= 0.3 is 5.63 Å². The van der Waals surface area contributed by atoms with Crippen LogP contribution in [0.2, 0.25) is 0 Å². The van der Waals surface area contributed by atoms with Crippen molar-refractivity contribution in [3.63, 3.8) is 0 Å². The van der Waals surface area contributed by atoms with Gasteiger partial charge < -0.3 is 85.0 Å². The first-order valence-corrected chi connectivity index (χ1v) is 20.3. The zero-order valence-corrected chi connectivity index (χ0v) is 33.8. The van der Waals surface area contributed by atoms with E-state index in [0.717, 1.165) is 48.5 Å². The summed E-state index contributed by atoms with van der Waals surface area (Å²) in [4.78, 5) is 12.3. The summed E-state index contributed by atoms with van der Waals surface area (Å²) in [6.07, 6.45) is -9.63. The number of phenols is 10. The number of benzene rings is 6. The van der Waals surface area contributed by atoms with Crippen molar-refractivity contribution in [2.45, 2.75) is 54.9 Å². The van der Waals surface area contributed by atoms with Crippen LogP contribution in [-0.4, -0.2) is 84.7 Å². The van der Waals surface area contributed by atoms with E-state index >= 15 is 0 Å². The molecule has 1 aromatic heterocycles. The van der Waals surface area contributed by atoms with E-state index in [-0.39, 0.29) is 79.1 Å². The third-order valence-corrected chi connectivity index (χ3v) is 12.5. The van der Waals surface area contributed by atoms with Gasteiger partial charge in [0.1, 0.15) is 64.1 Å². The Morgan fingerprint density at radius 3 is 1.45 bits per heavy atom. The normalized spacial score (nSPS) is 23.1. The molecule has 0 bridgehead atoms. The molecule has 18 heteroatoms. The summed E-state index contributed by atoms with van der Waals surface area (Å²) in [6, 6.07) is 18.2. The van der Waals surface area contributed by atoms with Gasteiger partial charge in [-0.3, -0.25) is 0 Å². The van der Waals surface area contributed by atoms with Crippen LogP contribution in [0.3, 0.4) is 0 Å². The van der Waals surface area contributed by atoms with Crippen LogP contribution in [0, 0.1) is 0 Å². The Bertz CT molecular complexity index is 3200. The molecule has 7 aromatic rings. The smallest absolute Gasteiger partial charge is 0.336 e. The molecule has 0 amide bonds. The zero-order valence-electron chi connectivity index (χ0n) is 33.8. The highest BCUT2D eigenvalue weighted by Crippen LogP contribution is 2.62. The Labute approximate surface area is 370 Å². The van der Waals surface area contributed by atoms with Gasteiger partial charge in [-0.05, 0) is 65.2 Å². The molecule has 0 radical (unpaired) electrons. The Balaban J connectivity index is 1.24. The van der Waals surface area contributed by atoms with Gasteiger partial charge in [0.2, 0.25) is 0 Å². The lowest BCUT2D eigenvalue weighted by atomic mass is 9.73. The number of fused-ring (bicyclic) bond motifs is 5. The number of hydrogen-bond acceptors (Lipinski definition) is 18. The Morgan fingerprint density at radius 2 is 0.894 bits per heavy atom. The summed E-state index contributed by atoms with van der Waals surface area (Å²) in [6.45, 7) is 0. The highest BCUT2D eigenvalue weighted by Gasteiger charge is 2.50. The first-order chi connectivity index (χ1) is 31.5. The van der Waals surface area contributed by atoms with Gasteiger partial charge in [0.25, 0.3) is 0 Å². The van der Waals surface area contributed by atoms with Gasteiger partial charge in [-0.1, -0.05) is 24.3 Å². The first kappa shape index (κ1) is 41.8. The molecule has 66 heavy (non-hydrogen) atoms. The van der Waals surface area contributed by atoms with Crippen LogP contribution in [-0.2, 0) is 6.42 Å². The second kappa shape index (κ2) is 15.2. The lowest BCUT2D eigenvalue weighted by Crippen LogP contribution is -2.39.